The molecule has 0 aliphatic rings. The molecule has 0 aromatic carbocycles. The summed E-state index contributed by atoms with van der Waals surface area (Å²) in [6.07, 6.45) is -0.0841. The lowest BCUT2D eigenvalue weighted by Crippen LogP contribution is -2.33. The molecule has 0 saturated heterocycles. The van der Waals surface area contributed by atoms with Gasteiger partial charge in [0.15, 0.2) is 0 Å². The number of amides is 1. The Morgan fingerprint density at radius 3 is 2.53 bits per heavy atom. The summed E-state index contributed by atoms with van der Waals surface area (Å²) in [4.78, 5) is 11.1. The van der Waals surface area contributed by atoms with E-state index in [1.807, 2.05) is 0 Å². The van der Waals surface area contributed by atoms with Crippen molar-refractivity contribution in [3.05, 3.63) is 0 Å². The molecular weight excluding hydrogens is 198 g/mol. The highest BCUT2D eigenvalue weighted by Gasteiger charge is 2.15. The van der Waals surface area contributed by atoms with Crippen LogP contribution in [0.25, 0.3) is 0 Å². The van der Waals surface area contributed by atoms with Gasteiger partial charge in [0, 0.05) is 6.54 Å². The van der Waals surface area contributed by atoms with Gasteiger partial charge in [-0.2, -0.15) is 0 Å². The molecule has 3 N–H and O–H groups in total. The number of aliphatic hydroxyl groups excluding tert-OH is 2. The molecule has 0 rings (SSSR count). The molecule has 0 aromatic rings. The van der Waals surface area contributed by atoms with Crippen molar-refractivity contribution >= 4 is 6.09 Å². The van der Waals surface area contributed by atoms with Gasteiger partial charge < -0.3 is 20.3 Å². The number of carbonyl (C=O) groups excluding carboxylic acids is 1. The minimum absolute atomic E-state index is 0.244. The predicted molar refractivity (Wildman–Crippen MR) is 56.6 cm³/mol. The molecule has 0 unspecified atom stereocenters. The molecule has 0 bridgehead atoms. The zero-order valence-corrected chi connectivity index (χ0v) is 9.62. The van der Waals surface area contributed by atoms with Crippen molar-refractivity contribution in [2.24, 2.45) is 0 Å². The van der Waals surface area contributed by atoms with Gasteiger partial charge in [0.25, 0.3) is 0 Å². The molecule has 0 aliphatic carbocycles. The standard InChI is InChI=1S/C10H21NO4/c1-10(2,3)15-9(14)11-6-4-5-8(13)7-12/h8,12-13H,4-7H2,1-3H3,(H,11,14)/t8-/m1/s1. The van der Waals surface area contributed by atoms with Gasteiger partial charge in [0.1, 0.15) is 5.60 Å². The molecule has 5 heteroatoms. The molecule has 0 aliphatic heterocycles. The van der Waals surface area contributed by atoms with Crippen LogP contribution in [0, 0.1) is 0 Å². The summed E-state index contributed by atoms with van der Waals surface area (Å²) in [5, 5.41) is 20.1. The summed E-state index contributed by atoms with van der Waals surface area (Å²) in [5.74, 6) is 0. The maximum atomic E-state index is 11.1. The van der Waals surface area contributed by atoms with Gasteiger partial charge in [-0.15, -0.1) is 0 Å². The number of hydrogen-bond acceptors (Lipinski definition) is 4. The molecule has 5 nitrogen and oxygen atoms in total. The molecule has 1 atom stereocenters. The Morgan fingerprint density at radius 2 is 2.07 bits per heavy atom. The summed E-state index contributed by atoms with van der Waals surface area (Å²) in [7, 11) is 0. The Kier molecular flexibility index (Phi) is 6.27. The van der Waals surface area contributed by atoms with Crippen LogP contribution in [-0.4, -0.2) is 41.2 Å². The molecule has 90 valence electrons. The van der Waals surface area contributed by atoms with Crippen molar-refractivity contribution in [3.8, 4) is 0 Å². The molecule has 1 amide bonds. The van der Waals surface area contributed by atoms with Crippen molar-refractivity contribution in [2.45, 2.75) is 45.3 Å². The van der Waals surface area contributed by atoms with Crippen LogP contribution in [0.5, 0.6) is 0 Å². The first-order chi connectivity index (χ1) is 6.85. The van der Waals surface area contributed by atoms with E-state index in [2.05, 4.69) is 5.32 Å². The predicted octanol–water partition coefficient (Wildman–Crippen LogP) is 0.644. The maximum Gasteiger partial charge on any atom is 0.407 e. The van der Waals surface area contributed by atoms with E-state index < -0.39 is 17.8 Å². The molecule has 0 heterocycles. The lowest BCUT2D eigenvalue weighted by atomic mass is 10.2. The van der Waals surface area contributed by atoms with E-state index in [9.17, 15) is 4.79 Å². The summed E-state index contributed by atoms with van der Waals surface area (Å²) in [5.41, 5.74) is -0.491. The highest BCUT2D eigenvalue weighted by atomic mass is 16.6. The summed E-state index contributed by atoms with van der Waals surface area (Å²) < 4.78 is 5.01. The van der Waals surface area contributed by atoms with Crippen LogP contribution in [0.2, 0.25) is 0 Å². The minimum Gasteiger partial charge on any atom is -0.444 e. The van der Waals surface area contributed by atoms with Crippen LogP contribution < -0.4 is 5.32 Å². The van der Waals surface area contributed by atoms with E-state index in [-0.39, 0.29) is 6.61 Å². The monoisotopic (exact) mass is 219 g/mol. The van der Waals surface area contributed by atoms with Crippen LogP contribution in [0.4, 0.5) is 4.79 Å². The molecular formula is C10H21NO4. The topological polar surface area (TPSA) is 78.8 Å². The number of nitrogens with one attached hydrogen (secondary N) is 1. The van der Waals surface area contributed by atoms with Gasteiger partial charge in [-0.1, -0.05) is 0 Å². The average Bonchev–Trinajstić information content (AvgIpc) is 2.09. The quantitative estimate of drug-likeness (QED) is 0.593. The first-order valence-electron chi connectivity index (χ1n) is 5.11. The average molecular weight is 219 g/mol. The number of aliphatic hydroxyl groups is 2. The maximum absolute atomic E-state index is 11.1. The fourth-order valence-electron chi connectivity index (χ4n) is 0.934. The SMILES string of the molecule is CC(C)(C)OC(=O)NCCC[C@@H](O)CO. The van der Waals surface area contributed by atoms with E-state index in [0.29, 0.717) is 19.4 Å². The summed E-state index contributed by atoms with van der Waals surface area (Å²) in [6.45, 7) is 5.57. The number of rotatable bonds is 5. The van der Waals surface area contributed by atoms with E-state index >= 15 is 0 Å². The highest BCUT2D eigenvalue weighted by Crippen LogP contribution is 2.06. The smallest absolute Gasteiger partial charge is 0.407 e. The third kappa shape index (κ3) is 9.49. The summed E-state index contributed by atoms with van der Waals surface area (Å²) >= 11 is 0. The van der Waals surface area contributed by atoms with Gasteiger partial charge in [-0.3, -0.25) is 0 Å². The Hall–Kier alpha value is -0.810. The molecule has 0 radical (unpaired) electrons. The molecule has 0 spiro atoms. The lowest BCUT2D eigenvalue weighted by molar-refractivity contribution is 0.0518. The highest BCUT2D eigenvalue weighted by molar-refractivity contribution is 5.67. The minimum atomic E-state index is -0.703. The third-order valence-electron chi connectivity index (χ3n) is 1.59. The van der Waals surface area contributed by atoms with E-state index in [0.717, 1.165) is 0 Å². The van der Waals surface area contributed by atoms with Gasteiger partial charge in [-0.25, -0.2) is 4.79 Å². The first kappa shape index (κ1) is 14.2. The van der Waals surface area contributed by atoms with Crippen LogP contribution in [-0.2, 0) is 4.74 Å². The van der Waals surface area contributed by atoms with E-state index in [4.69, 9.17) is 14.9 Å². The number of carbonyl (C=O) groups is 1. The van der Waals surface area contributed by atoms with Gasteiger partial charge in [0.05, 0.1) is 12.7 Å². The second-order valence-corrected chi connectivity index (χ2v) is 4.41. The zero-order chi connectivity index (χ0) is 11.9. The fraction of sp³-hybridized carbons (Fsp3) is 0.900. The Bertz CT molecular complexity index is 188. The van der Waals surface area contributed by atoms with Crippen LogP contribution >= 0.6 is 0 Å². The van der Waals surface area contributed by atoms with Crippen molar-refractivity contribution in [2.75, 3.05) is 13.2 Å². The summed E-state index contributed by atoms with van der Waals surface area (Å²) in [6, 6.07) is 0. The Morgan fingerprint density at radius 1 is 1.47 bits per heavy atom. The van der Waals surface area contributed by atoms with Crippen LogP contribution in [0.3, 0.4) is 0 Å². The number of alkyl carbamates (subject to hydrolysis) is 1. The first-order valence-corrected chi connectivity index (χ1v) is 5.11. The molecule has 15 heavy (non-hydrogen) atoms. The van der Waals surface area contributed by atoms with Crippen molar-refractivity contribution in [1.29, 1.82) is 0 Å². The second kappa shape index (κ2) is 6.63. The lowest BCUT2D eigenvalue weighted by Gasteiger charge is -2.19. The number of hydrogen-bond donors (Lipinski definition) is 3. The molecule has 0 saturated carbocycles. The van der Waals surface area contributed by atoms with Gasteiger partial charge >= 0.3 is 6.09 Å². The van der Waals surface area contributed by atoms with Crippen LogP contribution in [0.1, 0.15) is 33.6 Å². The molecule has 0 fully saturated rings. The van der Waals surface area contributed by atoms with Gasteiger partial charge in [0.2, 0.25) is 0 Å². The normalized spacial score (nSPS) is 13.4. The number of ether oxygens (including phenoxy) is 1. The van der Waals surface area contributed by atoms with Crippen molar-refractivity contribution < 1.29 is 19.7 Å². The van der Waals surface area contributed by atoms with Crippen molar-refractivity contribution in [3.63, 3.8) is 0 Å². The Balaban J connectivity index is 3.48. The second-order valence-electron chi connectivity index (χ2n) is 4.41. The Labute approximate surface area is 90.4 Å². The van der Waals surface area contributed by atoms with Crippen LogP contribution in [0.15, 0.2) is 0 Å². The van der Waals surface area contributed by atoms with Crippen molar-refractivity contribution in [1.82, 2.24) is 5.32 Å². The largest absolute Gasteiger partial charge is 0.444 e. The third-order valence-corrected chi connectivity index (χ3v) is 1.59. The molecule has 0 aromatic heterocycles. The zero-order valence-electron chi connectivity index (χ0n) is 9.62. The van der Waals surface area contributed by atoms with E-state index in [1.54, 1.807) is 20.8 Å². The van der Waals surface area contributed by atoms with E-state index in [1.165, 1.54) is 0 Å². The van der Waals surface area contributed by atoms with Gasteiger partial charge in [-0.05, 0) is 33.6 Å². The fourth-order valence-corrected chi connectivity index (χ4v) is 0.934.